The highest BCUT2D eigenvalue weighted by molar-refractivity contribution is 6.05. The number of hydrogen-bond acceptors (Lipinski definition) is 4. The molecule has 4 nitrogen and oxygen atoms in total. The van der Waals surface area contributed by atoms with E-state index in [-0.39, 0.29) is 0 Å². The number of fused-ring (bicyclic) bond motifs is 1. The summed E-state index contributed by atoms with van der Waals surface area (Å²) in [5, 5.41) is 2.35. The number of nitrogens with zero attached hydrogens (tertiary/aromatic N) is 2. The summed E-state index contributed by atoms with van der Waals surface area (Å²) in [6.07, 6.45) is 0. The molecule has 0 atom stereocenters. The molecule has 3 aromatic rings. The third kappa shape index (κ3) is 2.25. The van der Waals surface area contributed by atoms with Gasteiger partial charge in [0.25, 0.3) is 0 Å². The van der Waals surface area contributed by atoms with Gasteiger partial charge in [0.05, 0.1) is 0 Å². The van der Waals surface area contributed by atoms with Crippen LogP contribution in [0.2, 0.25) is 0 Å². The maximum Gasteiger partial charge on any atom is 0.133 e. The predicted molar refractivity (Wildman–Crippen MR) is 90.3 cm³/mol. The first-order valence-corrected chi connectivity index (χ1v) is 6.79. The van der Waals surface area contributed by atoms with E-state index in [4.69, 9.17) is 11.5 Å². The van der Waals surface area contributed by atoms with E-state index in [1.165, 1.54) is 11.1 Å². The Kier molecular flexibility index (Phi) is 3.14. The van der Waals surface area contributed by atoms with Gasteiger partial charge >= 0.3 is 0 Å². The van der Waals surface area contributed by atoms with E-state index < -0.39 is 0 Å². The molecule has 0 saturated heterocycles. The smallest absolute Gasteiger partial charge is 0.133 e. The monoisotopic (exact) mass is 278 g/mol. The van der Waals surface area contributed by atoms with Crippen LogP contribution in [0, 0.1) is 0 Å². The molecular formula is C17H18N4. The Morgan fingerprint density at radius 2 is 1.48 bits per heavy atom. The van der Waals surface area contributed by atoms with Gasteiger partial charge in [0.1, 0.15) is 11.6 Å². The number of anilines is 3. The summed E-state index contributed by atoms with van der Waals surface area (Å²) < 4.78 is 0. The van der Waals surface area contributed by atoms with Gasteiger partial charge in [-0.1, -0.05) is 30.3 Å². The molecule has 4 heteroatoms. The van der Waals surface area contributed by atoms with Crippen LogP contribution in [0.4, 0.5) is 17.3 Å². The first kappa shape index (κ1) is 13.2. The lowest BCUT2D eigenvalue weighted by molar-refractivity contribution is 1.14. The van der Waals surface area contributed by atoms with E-state index >= 15 is 0 Å². The van der Waals surface area contributed by atoms with Crippen molar-refractivity contribution in [2.75, 3.05) is 30.5 Å². The minimum atomic E-state index is 0.436. The van der Waals surface area contributed by atoms with Crippen LogP contribution >= 0.6 is 0 Å². The molecule has 4 N–H and O–H groups in total. The minimum Gasteiger partial charge on any atom is -0.384 e. The topological polar surface area (TPSA) is 68.2 Å². The van der Waals surface area contributed by atoms with Crippen molar-refractivity contribution in [3.8, 4) is 11.1 Å². The van der Waals surface area contributed by atoms with Crippen LogP contribution in [0.3, 0.4) is 0 Å². The summed E-state index contributed by atoms with van der Waals surface area (Å²) in [4.78, 5) is 6.27. The van der Waals surface area contributed by atoms with Gasteiger partial charge in [-0.05, 0) is 29.1 Å². The number of hydrogen-bond donors (Lipinski definition) is 2. The van der Waals surface area contributed by atoms with Gasteiger partial charge in [0.15, 0.2) is 0 Å². The normalized spacial score (nSPS) is 10.8. The number of nitrogens with two attached hydrogens (primary N) is 2. The maximum atomic E-state index is 6.04. The number of nitrogen functional groups attached to an aromatic ring is 2. The molecule has 0 radical (unpaired) electrons. The zero-order valence-corrected chi connectivity index (χ0v) is 12.2. The molecule has 0 aliphatic carbocycles. The van der Waals surface area contributed by atoms with Crippen molar-refractivity contribution in [3.63, 3.8) is 0 Å². The molecule has 1 aromatic heterocycles. The van der Waals surface area contributed by atoms with Gasteiger partial charge in [0, 0.05) is 30.7 Å². The van der Waals surface area contributed by atoms with E-state index in [2.05, 4.69) is 34.1 Å². The van der Waals surface area contributed by atoms with Crippen LogP contribution in [0.25, 0.3) is 21.9 Å². The van der Waals surface area contributed by atoms with E-state index in [1.54, 1.807) is 6.07 Å². The molecular weight excluding hydrogens is 260 g/mol. The largest absolute Gasteiger partial charge is 0.384 e. The fourth-order valence-corrected chi connectivity index (χ4v) is 2.63. The lowest BCUT2D eigenvalue weighted by Gasteiger charge is -2.18. The summed E-state index contributed by atoms with van der Waals surface area (Å²) >= 11 is 0. The van der Waals surface area contributed by atoms with E-state index in [9.17, 15) is 0 Å². The molecule has 0 unspecified atom stereocenters. The van der Waals surface area contributed by atoms with Crippen molar-refractivity contribution in [1.82, 2.24) is 4.98 Å². The molecule has 3 rings (SSSR count). The summed E-state index contributed by atoms with van der Waals surface area (Å²) in [5.41, 5.74) is 14.9. The molecule has 1 heterocycles. The Hall–Kier alpha value is -2.75. The van der Waals surface area contributed by atoms with E-state index in [0.717, 1.165) is 16.5 Å². The maximum absolute atomic E-state index is 6.04. The number of rotatable bonds is 2. The highest BCUT2D eigenvalue weighted by atomic mass is 15.1. The van der Waals surface area contributed by atoms with Crippen molar-refractivity contribution in [3.05, 3.63) is 48.5 Å². The average Bonchev–Trinajstić information content (AvgIpc) is 2.46. The summed E-state index contributed by atoms with van der Waals surface area (Å²) in [5.74, 6) is 0.892. The minimum absolute atomic E-state index is 0.436. The van der Waals surface area contributed by atoms with Gasteiger partial charge in [-0.2, -0.15) is 0 Å². The zero-order chi connectivity index (χ0) is 15.0. The molecule has 0 fully saturated rings. The Morgan fingerprint density at radius 1 is 0.810 bits per heavy atom. The molecule has 0 saturated carbocycles. The van der Waals surface area contributed by atoms with Crippen molar-refractivity contribution >= 4 is 28.1 Å². The Labute approximate surface area is 124 Å². The fraction of sp³-hybridized carbons (Fsp3) is 0.118. The van der Waals surface area contributed by atoms with Crippen molar-refractivity contribution in [2.24, 2.45) is 0 Å². The second kappa shape index (κ2) is 4.98. The second-order valence-electron chi connectivity index (χ2n) is 5.24. The van der Waals surface area contributed by atoms with Crippen LogP contribution in [0.15, 0.2) is 48.5 Å². The fourth-order valence-electron chi connectivity index (χ4n) is 2.63. The van der Waals surface area contributed by atoms with Gasteiger partial charge < -0.3 is 16.4 Å². The Bertz CT molecular complexity index is 809. The van der Waals surface area contributed by atoms with Crippen LogP contribution in [0.1, 0.15) is 0 Å². The predicted octanol–water partition coefficient (Wildman–Crippen LogP) is 3.13. The van der Waals surface area contributed by atoms with Gasteiger partial charge in [0.2, 0.25) is 0 Å². The first-order chi connectivity index (χ1) is 10.1. The molecule has 0 bridgehead atoms. The molecule has 2 aromatic carbocycles. The number of pyridine rings is 1. The third-order valence-corrected chi connectivity index (χ3v) is 3.62. The standard InChI is InChI=1S/C17H18N4/c1-21(2)15-9-7-12(11-5-3-4-6-13(11)15)14-8-10-16(18)20-17(14)19/h3-10H,1-2H3,(H4,18,19,20). The van der Waals surface area contributed by atoms with Crippen molar-refractivity contribution < 1.29 is 0 Å². The van der Waals surface area contributed by atoms with Gasteiger partial charge in [-0.25, -0.2) is 4.98 Å². The van der Waals surface area contributed by atoms with Gasteiger partial charge in [-0.15, -0.1) is 0 Å². The lowest BCUT2D eigenvalue weighted by Crippen LogP contribution is -2.09. The van der Waals surface area contributed by atoms with E-state index in [0.29, 0.717) is 11.6 Å². The molecule has 21 heavy (non-hydrogen) atoms. The molecule has 0 aliphatic heterocycles. The Morgan fingerprint density at radius 3 is 2.14 bits per heavy atom. The quantitative estimate of drug-likeness (QED) is 0.755. The number of aromatic nitrogens is 1. The van der Waals surface area contributed by atoms with Crippen molar-refractivity contribution in [1.29, 1.82) is 0 Å². The Balaban J connectivity index is 2.32. The SMILES string of the molecule is CN(C)c1ccc(-c2ccc(N)nc2N)c2ccccc12. The highest BCUT2D eigenvalue weighted by Crippen LogP contribution is 2.36. The summed E-state index contributed by atoms with van der Waals surface area (Å²) in [6.45, 7) is 0. The van der Waals surface area contributed by atoms with Crippen molar-refractivity contribution in [2.45, 2.75) is 0 Å². The van der Waals surface area contributed by atoms with Crippen LogP contribution in [0.5, 0.6) is 0 Å². The number of benzene rings is 2. The summed E-state index contributed by atoms with van der Waals surface area (Å²) in [7, 11) is 4.08. The first-order valence-electron chi connectivity index (χ1n) is 6.79. The zero-order valence-electron chi connectivity index (χ0n) is 12.2. The second-order valence-corrected chi connectivity index (χ2v) is 5.24. The van der Waals surface area contributed by atoms with Gasteiger partial charge in [-0.3, -0.25) is 0 Å². The summed E-state index contributed by atoms with van der Waals surface area (Å²) in [6, 6.07) is 16.2. The average molecular weight is 278 g/mol. The molecule has 0 amide bonds. The third-order valence-electron chi connectivity index (χ3n) is 3.62. The molecule has 0 spiro atoms. The molecule has 106 valence electrons. The molecule has 0 aliphatic rings. The van der Waals surface area contributed by atoms with Crippen LogP contribution < -0.4 is 16.4 Å². The highest BCUT2D eigenvalue weighted by Gasteiger charge is 2.11. The van der Waals surface area contributed by atoms with E-state index in [1.807, 2.05) is 32.3 Å². The van der Waals surface area contributed by atoms with Crippen LogP contribution in [-0.2, 0) is 0 Å². The van der Waals surface area contributed by atoms with Crippen LogP contribution in [-0.4, -0.2) is 19.1 Å². The lowest BCUT2D eigenvalue weighted by atomic mass is 9.97.